The molecular weight excluding hydrogens is 212 g/mol. The Balaban J connectivity index is 2.06. The highest BCUT2D eigenvalue weighted by Gasteiger charge is 2.12. The highest BCUT2D eigenvalue weighted by Crippen LogP contribution is 2.11. The monoisotopic (exact) mass is 232 g/mol. The minimum atomic E-state index is 0.228. The Kier molecular flexibility index (Phi) is 3.74. The summed E-state index contributed by atoms with van der Waals surface area (Å²) in [5, 5.41) is 11.9. The van der Waals surface area contributed by atoms with Crippen LogP contribution in [-0.2, 0) is 0 Å². The van der Waals surface area contributed by atoms with Gasteiger partial charge in [-0.3, -0.25) is 4.40 Å². The van der Waals surface area contributed by atoms with Crippen molar-refractivity contribution >= 4 is 5.65 Å². The second-order valence-corrected chi connectivity index (χ2v) is 4.85. The smallest absolute Gasteiger partial charge is 0.160 e. The summed E-state index contributed by atoms with van der Waals surface area (Å²) in [4.78, 5) is 0. The average Bonchev–Trinajstić information content (AvgIpc) is 2.72. The second kappa shape index (κ2) is 5.27. The van der Waals surface area contributed by atoms with E-state index in [1.54, 1.807) is 0 Å². The predicted octanol–water partition coefficient (Wildman–Crippen LogP) is 2.43. The number of hydrogen-bond donors (Lipinski definition) is 1. The molecule has 0 aromatic carbocycles. The quantitative estimate of drug-likeness (QED) is 0.861. The fraction of sp³-hybridized carbons (Fsp3) is 0.538. The molecule has 0 aliphatic carbocycles. The average molecular weight is 232 g/mol. The van der Waals surface area contributed by atoms with Gasteiger partial charge in [-0.25, -0.2) is 0 Å². The maximum Gasteiger partial charge on any atom is 0.160 e. The van der Waals surface area contributed by atoms with Gasteiger partial charge in [-0.05, 0) is 37.9 Å². The third kappa shape index (κ3) is 2.82. The zero-order valence-corrected chi connectivity index (χ0v) is 10.7. The van der Waals surface area contributed by atoms with Crippen LogP contribution in [-0.4, -0.2) is 21.1 Å². The number of nitrogens with one attached hydrogen (secondary N) is 1. The van der Waals surface area contributed by atoms with Gasteiger partial charge < -0.3 is 5.32 Å². The maximum atomic E-state index is 4.24. The molecule has 2 rings (SSSR count). The lowest BCUT2D eigenvalue weighted by Crippen LogP contribution is -2.22. The van der Waals surface area contributed by atoms with Crippen molar-refractivity contribution < 1.29 is 0 Å². The molecule has 0 amide bonds. The minimum absolute atomic E-state index is 0.228. The highest BCUT2D eigenvalue weighted by molar-refractivity contribution is 5.37. The first-order valence-electron chi connectivity index (χ1n) is 6.21. The van der Waals surface area contributed by atoms with Crippen molar-refractivity contribution in [3.63, 3.8) is 0 Å². The molecule has 0 aliphatic heterocycles. The third-order valence-corrected chi connectivity index (χ3v) is 2.90. The van der Waals surface area contributed by atoms with Gasteiger partial charge in [0.05, 0.1) is 6.04 Å². The largest absolute Gasteiger partial charge is 0.308 e. The van der Waals surface area contributed by atoms with E-state index in [4.69, 9.17) is 0 Å². The van der Waals surface area contributed by atoms with Crippen molar-refractivity contribution in [1.82, 2.24) is 19.9 Å². The van der Waals surface area contributed by atoms with Gasteiger partial charge in [-0.15, -0.1) is 10.2 Å². The molecule has 0 spiro atoms. The van der Waals surface area contributed by atoms with Crippen LogP contribution in [0.15, 0.2) is 24.4 Å². The zero-order valence-electron chi connectivity index (χ0n) is 10.7. The van der Waals surface area contributed by atoms with Gasteiger partial charge in [0.2, 0.25) is 0 Å². The van der Waals surface area contributed by atoms with Crippen LogP contribution in [0, 0.1) is 5.92 Å². The van der Waals surface area contributed by atoms with Crippen LogP contribution in [0.4, 0.5) is 0 Å². The summed E-state index contributed by atoms with van der Waals surface area (Å²) >= 11 is 0. The Labute approximate surface area is 102 Å². The molecule has 4 nitrogen and oxygen atoms in total. The summed E-state index contributed by atoms with van der Waals surface area (Å²) in [6.45, 7) is 7.61. The normalized spacial score (nSPS) is 13.4. The Morgan fingerprint density at radius 1 is 1.24 bits per heavy atom. The molecule has 1 unspecified atom stereocenters. The molecule has 17 heavy (non-hydrogen) atoms. The van der Waals surface area contributed by atoms with E-state index in [1.165, 1.54) is 6.42 Å². The van der Waals surface area contributed by atoms with E-state index in [2.05, 4.69) is 36.3 Å². The standard InChI is InChI=1S/C13H20N4/c1-10(2)7-8-14-11(3)13-16-15-12-6-4-5-9-17(12)13/h4-6,9-11,14H,7-8H2,1-3H3. The molecular formula is C13H20N4. The van der Waals surface area contributed by atoms with Crippen molar-refractivity contribution in [2.75, 3.05) is 6.54 Å². The van der Waals surface area contributed by atoms with E-state index in [0.717, 1.165) is 23.9 Å². The first-order valence-corrected chi connectivity index (χ1v) is 6.21. The van der Waals surface area contributed by atoms with Crippen LogP contribution in [0.2, 0.25) is 0 Å². The van der Waals surface area contributed by atoms with Crippen LogP contribution < -0.4 is 5.32 Å². The Bertz CT molecular complexity index is 475. The van der Waals surface area contributed by atoms with E-state index >= 15 is 0 Å². The van der Waals surface area contributed by atoms with Gasteiger partial charge in [0.15, 0.2) is 11.5 Å². The second-order valence-electron chi connectivity index (χ2n) is 4.85. The number of nitrogens with zero attached hydrogens (tertiary/aromatic N) is 3. The summed E-state index contributed by atoms with van der Waals surface area (Å²) < 4.78 is 2.03. The third-order valence-electron chi connectivity index (χ3n) is 2.90. The molecule has 2 heterocycles. The van der Waals surface area contributed by atoms with E-state index in [1.807, 2.05) is 28.8 Å². The van der Waals surface area contributed by atoms with Gasteiger partial charge in [-0.1, -0.05) is 19.9 Å². The summed E-state index contributed by atoms with van der Waals surface area (Å²) in [5.41, 5.74) is 0.903. The molecule has 0 saturated heterocycles. The molecule has 92 valence electrons. The van der Waals surface area contributed by atoms with Crippen molar-refractivity contribution in [3.05, 3.63) is 30.2 Å². The summed E-state index contributed by atoms with van der Waals surface area (Å²) in [6.07, 6.45) is 3.19. The molecule has 0 radical (unpaired) electrons. The number of fused-ring (bicyclic) bond motifs is 1. The molecule has 0 saturated carbocycles. The van der Waals surface area contributed by atoms with Crippen molar-refractivity contribution in [2.45, 2.75) is 33.2 Å². The number of aromatic nitrogens is 3. The Hall–Kier alpha value is -1.42. The van der Waals surface area contributed by atoms with Crippen molar-refractivity contribution in [1.29, 1.82) is 0 Å². The maximum absolute atomic E-state index is 4.24. The molecule has 2 aromatic rings. The number of hydrogen-bond acceptors (Lipinski definition) is 3. The molecule has 1 atom stereocenters. The van der Waals surface area contributed by atoms with Gasteiger partial charge in [0.1, 0.15) is 0 Å². The first kappa shape index (κ1) is 12.0. The van der Waals surface area contributed by atoms with Crippen LogP contribution in [0.5, 0.6) is 0 Å². The van der Waals surface area contributed by atoms with Crippen LogP contribution in [0.25, 0.3) is 5.65 Å². The highest BCUT2D eigenvalue weighted by atomic mass is 15.3. The molecule has 1 N–H and O–H groups in total. The fourth-order valence-electron chi connectivity index (χ4n) is 1.83. The summed E-state index contributed by atoms with van der Waals surface area (Å²) in [6, 6.07) is 6.18. The fourth-order valence-corrected chi connectivity index (χ4v) is 1.83. The lowest BCUT2D eigenvalue weighted by atomic mass is 10.1. The Morgan fingerprint density at radius 2 is 2.06 bits per heavy atom. The van der Waals surface area contributed by atoms with E-state index in [9.17, 15) is 0 Å². The predicted molar refractivity (Wildman–Crippen MR) is 68.9 cm³/mol. The van der Waals surface area contributed by atoms with Crippen LogP contribution >= 0.6 is 0 Å². The lowest BCUT2D eigenvalue weighted by Gasteiger charge is -2.13. The molecule has 2 aromatic heterocycles. The number of pyridine rings is 1. The van der Waals surface area contributed by atoms with E-state index in [-0.39, 0.29) is 6.04 Å². The van der Waals surface area contributed by atoms with Gasteiger partial charge in [0, 0.05) is 6.20 Å². The van der Waals surface area contributed by atoms with Gasteiger partial charge in [0.25, 0.3) is 0 Å². The van der Waals surface area contributed by atoms with Gasteiger partial charge in [-0.2, -0.15) is 0 Å². The SMILES string of the molecule is CC(C)CCNC(C)c1nnc2ccccn12. The molecule has 0 aliphatic rings. The molecule has 4 heteroatoms. The number of rotatable bonds is 5. The topological polar surface area (TPSA) is 42.2 Å². The Morgan fingerprint density at radius 3 is 2.82 bits per heavy atom. The minimum Gasteiger partial charge on any atom is -0.308 e. The van der Waals surface area contributed by atoms with Gasteiger partial charge >= 0.3 is 0 Å². The van der Waals surface area contributed by atoms with Crippen molar-refractivity contribution in [2.24, 2.45) is 5.92 Å². The van der Waals surface area contributed by atoms with E-state index in [0.29, 0.717) is 0 Å². The first-order chi connectivity index (χ1) is 8.18. The summed E-state index contributed by atoms with van der Waals surface area (Å²) in [7, 11) is 0. The summed E-state index contributed by atoms with van der Waals surface area (Å²) in [5.74, 6) is 1.70. The van der Waals surface area contributed by atoms with Crippen LogP contribution in [0.3, 0.4) is 0 Å². The van der Waals surface area contributed by atoms with E-state index < -0.39 is 0 Å². The van der Waals surface area contributed by atoms with Crippen molar-refractivity contribution in [3.8, 4) is 0 Å². The molecule has 0 fully saturated rings. The van der Waals surface area contributed by atoms with Crippen LogP contribution in [0.1, 0.15) is 39.1 Å². The lowest BCUT2D eigenvalue weighted by molar-refractivity contribution is 0.483. The zero-order chi connectivity index (χ0) is 12.3. The molecule has 0 bridgehead atoms.